The van der Waals surface area contributed by atoms with Crippen molar-refractivity contribution in [1.29, 1.82) is 0 Å². The monoisotopic (exact) mass is 446 g/mol. The van der Waals surface area contributed by atoms with Crippen molar-refractivity contribution in [3.05, 3.63) is 52.0 Å². The van der Waals surface area contributed by atoms with Crippen molar-refractivity contribution in [3.63, 3.8) is 0 Å². The number of carboxylic acids is 1. The van der Waals surface area contributed by atoms with Gasteiger partial charge in [0.1, 0.15) is 29.0 Å². The molecule has 1 fully saturated rings. The lowest BCUT2D eigenvalue weighted by atomic mass is 9.98. The Bertz CT molecular complexity index is 1190. The number of hydrogen-bond donors (Lipinski definition) is 2. The highest BCUT2D eigenvalue weighted by atomic mass is 32.2. The van der Waals surface area contributed by atoms with Crippen molar-refractivity contribution in [2.75, 3.05) is 19.5 Å². The molecule has 2 aromatic rings. The maximum absolute atomic E-state index is 12.8. The van der Waals surface area contributed by atoms with E-state index in [1.165, 1.54) is 37.9 Å². The van der Waals surface area contributed by atoms with Crippen LogP contribution in [0, 0.1) is 0 Å². The van der Waals surface area contributed by atoms with Gasteiger partial charge in [-0.05, 0) is 18.2 Å². The Labute approximate surface area is 179 Å². The lowest BCUT2D eigenvalue weighted by Crippen LogP contribution is -2.80. The van der Waals surface area contributed by atoms with E-state index in [1.807, 2.05) is 0 Å². The Hall–Kier alpha value is -3.31. The first-order chi connectivity index (χ1) is 14.8. The van der Waals surface area contributed by atoms with E-state index in [9.17, 15) is 24.3 Å². The van der Waals surface area contributed by atoms with Crippen molar-refractivity contribution in [1.82, 2.24) is 10.2 Å². The first kappa shape index (κ1) is 20.9. The number of hydrogen-bond acceptors (Lipinski definition) is 8. The minimum Gasteiger partial charge on any atom is -0.489 e. The van der Waals surface area contributed by atoms with Gasteiger partial charge in [0.05, 0.1) is 0 Å². The van der Waals surface area contributed by atoms with Crippen LogP contribution in [0.25, 0.3) is 11.0 Å². The third kappa shape index (κ3) is 3.45. The average molecular weight is 446 g/mol. The van der Waals surface area contributed by atoms with Crippen LogP contribution in [-0.2, 0) is 19.1 Å². The van der Waals surface area contributed by atoms with Gasteiger partial charge in [-0.3, -0.25) is 14.5 Å². The number of carboxylic acid groups (broad SMARTS) is 1. The van der Waals surface area contributed by atoms with Crippen molar-refractivity contribution in [3.8, 4) is 5.75 Å². The lowest BCUT2D eigenvalue weighted by Gasteiger charge is -2.55. The smallest absolute Gasteiger partial charge is 0.352 e. The number of β-lactam (4-membered cyclic amide) rings is 1. The second-order valence-corrected chi connectivity index (χ2v) is 8.03. The summed E-state index contributed by atoms with van der Waals surface area (Å²) in [7, 11) is 1.28. The predicted molar refractivity (Wildman–Crippen MR) is 109 cm³/mol. The Morgan fingerprint density at radius 1 is 1.32 bits per heavy atom. The molecule has 0 spiro atoms. The largest absolute Gasteiger partial charge is 0.489 e. The predicted octanol–water partition coefficient (Wildman–Crippen LogP) is 0.904. The summed E-state index contributed by atoms with van der Waals surface area (Å²) in [5.41, 5.74) is -1.55. The fourth-order valence-electron chi connectivity index (χ4n) is 3.62. The normalized spacial score (nSPS) is 22.7. The zero-order valence-electron chi connectivity index (χ0n) is 16.5. The maximum atomic E-state index is 12.8. The van der Waals surface area contributed by atoms with Crippen LogP contribution in [0.15, 0.2) is 50.8 Å². The molecule has 11 heteroatoms. The van der Waals surface area contributed by atoms with Crippen molar-refractivity contribution < 1.29 is 33.4 Å². The van der Waals surface area contributed by atoms with Gasteiger partial charge < -0.3 is 24.3 Å². The van der Waals surface area contributed by atoms with Crippen LogP contribution < -0.4 is 15.7 Å². The van der Waals surface area contributed by atoms with Crippen LogP contribution in [0.2, 0.25) is 0 Å². The van der Waals surface area contributed by atoms with Crippen molar-refractivity contribution in [2.24, 2.45) is 0 Å². The molecule has 10 nitrogen and oxygen atoms in total. The number of carbonyl (C=O) groups excluding carboxylic acids is 2. The minimum atomic E-state index is -1.60. The summed E-state index contributed by atoms with van der Waals surface area (Å²) in [5, 5.41) is 12.2. The summed E-state index contributed by atoms with van der Waals surface area (Å²) in [6.45, 7) is 1.16. The molecular weight excluding hydrogens is 428 g/mol. The molecule has 0 radical (unpaired) electrons. The molecule has 1 saturated heterocycles. The molecule has 0 saturated carbocycles. The number of nitrogens with zero attached hydrogens (tertiary/aromatic N) is 1. The van der Waals surface area contributed by atoms with E-state index in [-0.39, 0.29) is 18.1 Å². The van der Waals surface area contributed by atoms with Gasteiger partial charge in [0, 0.05) is 42.9 Å². The third-order valence-corrected chi connectivity index (χ3v) is 6.38. The van der Waals surface area contributed by atoms with Gasteiger partial charge in [-0.1, -0.05) is 0 Å². The fourth-order valence-corrected chi connectivity index (χ4v) is 5.04. The molecule has 2 atom stereocenters. The minimum absolute atomic E-state index is 0.0895. The molecule has 2 amide bonds. The standard InChI is InChI=1S/C20H18N2O8S/c1-10(23)21-20(28-2)18(27)22-16(17(25)26)12(9-31-19(20)22)8-29-13-5-3-11-4-6-15(24)30-14(11)7-13/h3-7,19H,8-9H2,1-2H3,(H,21,23)(H,25,26). The maximum Gasteiger partial charge on any atom is 0.352 e. The van der Waals surface area contributed by atoms with Gasteiger partial charge in [0.25, 0.3) is 11.6 Å². The zero-order valence-corrected chi connectivity index (χ0v) is 17.4. The van der Waals surface area contributed by atoms with Crippen LogP contribution in [0.1, 0.15) is 6.92 Å². The van der Waals surface area contributed by atoms with Gasteiger partial charge >= 0.3 is 11.6 Å². The number of carbonyl (C=O) groups is 3. The SMILES string of the molecule is COC1(NC(C)=O)C(=O)N2C(C(=O)O)=C(COc3ccc4ccc(=O)oc4c3)CSC21. The number of fused-ring (bicyclic) bond motifs is 2. The summed E-state index contributed by atoms with van der Waals surface area (Å²) in [5.74, 6) is -1.78. The number of thioether (sulfide) groups is 1. The van der Waals surface area contributed by atoms with E-state index < -0.39 is 34.5 Å². The van der Waals surface area contributed by atoms with E-state index in [2.05, 4.69) is 5.32 Å². The van der Waals surface area contributed by atoms with Gasteiger partial charge in [-0.2, -0.15) is 0 Å². The molecule has 0 aliphatic carbocycles. The highest BCUT2D eigenvalue weighted by Gasteiger charge is 2.66. The summed E-state index contributed by atoms with van der Waals surface area (Å²) < 4.78 is 16.1. The Balaban J connectivity index is 1.59. The summed E-state index contributed by atoms with van der Waals surface area (Å²) >= 11 is 1.26. The van der Waals surface area contributed by atoms with E-state index in [4.69, 9.17) is 13.9 Å². The Kier molecular flexibility index (Phi) is 5.23. The number of ether oxygens (including phenoxy) is 2. The van der Waals surface area contributed by atoms with E-state index >= 15 is 0 Å². The quantitative estimate of drug-likeness (QED) is 0.377. The molecule has 2 aliphatic heterocycles. The molecule has 2 unspecified atom stereocenters. The van der Waals surface area contributed by atoms with Crippen LogP contribution >= 0.6 is 11.8 Å². The molecule has 31 heavy (non-hydrogen) atoms. The molecule has 1 aromatic heterocycles. The molecule has 2 aliphatic rings. The number of nitrogens with one attached hydrogen (secondary N) is 1. The van der Waals surface area contributed by atoms with E-state index in [0.717, 1.165) is 4.90 Å². The van der Waals surface area contributed by atoms with Crippen LogP contribution in [0.5, 0.6) is 5.75 Å². The third-order valence-electron chi connectivity index (χ3n) is 5.00. The summed E-state index contributed by atoms with van der Waals surface area (Å²) in [6, 6.07) is 7.86. The fraction of sp³-hybridized carbons (Fsp3) is 0.300. The Morgan fingerprint density at radius 3 is 2.74 bits per heavy atom. The molecule has 2 N–H and O–H groups in total. The van der Waals surface area contributed by atoms with Gasteiger partial charge in [0.2, 0.25) is 5.91 Å². The summed E-state index contributed by atoms with van der Waals surface area (Å²) in [6.07, 6.45) is 0. The molecule has 1 aromatic carbocycles. The molecule has 0 bridgehead atoms. The first-order valence-electron chi connectivity index (χ1n) is 9.18. The van der Waals surface area contributed by atoms with Crippen LogP contribution in [-0.4, -0.2) is 58.4 Å². The van der Waals surface area contributed by atoms with Gasteiger partial charge in [-0.25, -0.2) is 9.59 Å². The Morgan fingerprint density at radius 2 is 2.06 bits per heavy atom. The first-order valence-corrected chi connectivity index (χ1v) is 10.2. The number of benzene rings is 1. The molecule has 4 rings (SSSR count). The highest BCUT2D eigenvalue weighted by Crippen LogP contribution is 2.46. The lowest BCUT2D eigenvalue weighted by molar-refractivity contribution is -0.192. The highest BCUT2D eigenvalue weighted by molar-refractivity contribution is 8.00. The average Bonchev–Trinajstić information content (AvgIpc) is 2.74. The number of aliphatic carboxylic acids is 1. The van der Waals surface area contributed by atoms with Crippen LogP contribution in [0.3, 0.4) is 0 Å². The van der Waals surface area contributed by atoms with Crippen molar-refractivity contribution >= 4 is 40.5 Å². The van der Waals surface area contributed by atoms with Gasteiger partial charge in [0.15, 0.2) is 0 Å². The molecule has 3 heterocycles. The zero-order chi connectivity index (χ0) is 22.3. The number of amides is 2. The van der Waals surface area contributed by atoms with E-state index in [1.54, 1.807) is 18.2 Å². The second-order valence-electron chi connectivity index (χ2n) is 6.96. The summed E-state index contributed by atoms with van der Waals surface area (Å²) in [4.78, 5) is 48.8. The second kappa shape index (κ2) is 7.75. The number of rotatable bonds is 6. The van der Waals surface area contributed by atoms with Gasteiger partial charge in [-0.15, -0.1) is 11.8 Å². The van der Waals surface area contributed by atoms with E-state index in [0.29, 0.717) is 22.3 Å². The number of methoxy groups -OCH3 is 1. The van der Waals surface area contributed by atoms with Crippen molar-refractivity contribution in [2.45, 2.75) is 18.0 Å². The molecular formula is C20H18N2O8S. The topological polar surface area (TPSA) is 135 Å². The molecule has 162 valence electrons. The van der Waals surface area contributed by atoms with Crippen LogP contribution in [0.4, 0.5) is 0 Å².